The number of rotatable bonds is 9. The van der Waals surface area contributed by atoms with Crippen LogP contribution in [0.2, 0.25) is 0 Å². The molecule has 2 aromatic rings. The third kappa shape index (κ3) is 6.83. The van der Waals surface area contributed by atoms with E-state index in [0.29, 0.717) is 42.6 Å². The van der Waals surface area contributed by atoms with Gasteiger partial charge in [0.1, 0.15) is 0 Å². The summed E-state index contributed by atoms with van der Waals surface area (Å²) in [6.07, 6.45) is -1.71. The minimum absolute atomic E-state index is 0.198. The molecule has 1 aromatic heterocycles. The van der Waals surface area contributed by atoms with Crippen molar-refractivity contribution < 1.29 is 27.4 Å². The molecular formula is C20H23F3N2O3. The Balaban J connectivity index is 1.90. The molecule has 152 valence electrons. The average molecular weight is 396 g/mol. The second kappa shape index (κ2) is 10.1. The van der Waals surface area contributed by atoms with E-state index in [9.17, 15) is 18.0 Å². The number of hydrogen-bond donors (Lipinski definition) is 0. The Morgan fingerprint density at radius 2 is 1.79 bits per heavy atom. The number of hydrogen-bond acceptors (Lipinski definition) is 5. The van der Waals surface area contributed by atoms with Gasteiger partial charge in [-0.1, -0.05) is 12.1 Å². The summed E-state index contributed by atoms with van der Waals surface area (Å²) in [6.45, 7) is 4.35. The van der Waals surface area contributed by atoms with Crippen LogP contribution in [0.1, 0.15) is 43.9 Å². The molecule has 0 amide bonds. The van der Waals surface area contributed by atoms with Crippen LogP contribution in [0.25, 0.3) is 11.4 Å². The fourth-order valence-electron chi connectivity index (χ4n) is 2.51. The molecule has 0 aliphatic heterocycles. The van der Waals surface area contributed by atoms with Gasteiger partial charge >= 0.3 is 12.1 Å². The van der Waals surface area contributed by atoms with E-state index < -0.39 is 11.7 Å². The predicted octanol–water partition coefficient (Wildman–Crippen LogP) is 4.97. The molecule has 0 spiro atoms. The first kappa shape index (κ1) is 21.7. The zero-order valence-electron chi connectivity index (χ0n) is 15.9. The van der Waals surface area contributed by atoms with Gasteiger partial charge in [-0.05, 0) is 45.2 Å². The van der Waals surface area contributed by atoms with Gasteiger partial charge in [0.15, 0.2) is 5.82 Å². The fourth-order valence-corrected chi connectivity index (χ4v) is 2.51. The van der Waals surface area contributed by atoms with Crippen molar-refractivity contribution in [3.05, 3.63) is 41.6 Å². The van der Waals surface area contributed by atoms with Crippen molar-refractivity contribution >= 4 is 5.97 Å². The van der Waals surface area contributed by atoms with Crippen LogP contribution in [-0.2, 0) is 15.7 Å². The second-order valence-corrected chi connectivity index (χ2v) is 6.21. The molecule has 0 saturated heterocycles. The van der Waals surface area contributed by atoms with Crippen molar-refractivity contribution in [3.8, 4) is 17.3 Å². The molecule has 5 nitrogen and oxygen atoms in total. The maximum absolute atomic E-state index is 12.7. The summed E-state index contributed by atoms with van der Waals surface area (Å²) in [4.78, 5) is 19.8. The first-order valence-electron chi connectivity index (χ1n) is 9.11. The summed E-state index contributed by atoms with van der Waals surface area (Å²) in [6, 6.07) is 6.37. The number of aryl methyl sites for hydroxylation is 1. The highest BCUT2D eigenvalue weighted by molar-refractivity contribution is 5.69. The topological polar surface area (TPSA) is 61.3 Å². The van der Waals surface area contributed by atoms with E-state index in [-0.39, 0.29) is 5.97 Å². The zero-order chi connectivity index (χ0) is 20.6. The number of benzene rings is 1. The number of aromatic nitrogens is 2. The van der Waals surface area contributed by atoms with E-state index in [1.807, 2.05) is 0 Å². The van der Waals surface area contributed by atoms with Gasteiger partial charge in [-0.15, -0.1) is 0 Å². The normalized spacial score (nSPS) is 11.3. The van der Waals surface area contributed by atoms with Gasteiger partial charge in [0, 0.05) is 23.7 Å². The number of alkyl halides is 3. The third-order valence-electron chi connectivity index (χ3n) is 3.88. The minimum Gasteiger partial charge on any atom is -0.478 e. The highest BCUT2D eigenvalue weighted by Gasteiger charge is 2.30. The first-order chi connectivity index (χ1) is 13.3. The van der Waals surface area contributed by atoms with Crippen molar-refractivity contribution in [2.75, 3.05) is 13.2 Å². The van der Waals surface area contributed by atoms with E-state index >= 15 is 0 Å². The fraction of sp³-hybridized carbons (Fsp3) is 0.450. The molecule has 2 rings (SSSR count). The molecule has 0 aliphatic rings. The van der Waals surface area contributed by atoms with Crippen LogP contribution in [-0.4, -0.2) is 29.2 Å². The third-order valence-corrected chi connectivity index (χ3v) is 3.88. The summed E-state index contributed by atoms with van der Waals surface area (Å²) < 4.78 is 48.5. The van der Waals surface area contributed by atoms with Crippen molar-refractivity contribution in [2.45, 2.75) is 45.7 Å². The minimum atomic E-state index is -4.38. The molecule has 28 heavy (non-hydrogen) atoms. The number of carbonyl (C=O) groups is 1. The lowest BCUT2D eigenvalue weighted by Gasteiger charge is -2.10. The average Bonchev–Trinajstić information content (AvgIpc) is 2.64. The number of halogens is 3. The van der Waals surface area contributed by atoms with Gasteiger partial charge < -0.3 is 9.47 Å². The largest absolute Gasteiger partial charge is 0.478 e. The van der Waals surface area contributed by atoms with Gasteiger partial charge in [0.25, 0.3) is 0 Å². The lowest BCUT2D eigenvalue weighted by atomic mass is 10.1. The number of esters is 1. The number of nitrogens with zero attached hydrogens (tertiary/aromatic N) is 2. The van der Waals surface area contributed by atoms with Crippen molar-refractivity contribution in [3.63, 3.8) is 0 Å². The first-order valence-corrected chi connectivity index (χ1v) is 9.11. The molecule has 1 heterocycles. The van der Waals surface area contributed by atoms with E-state index in [2.05, 4.69) is 9.97 Å². The van der Waals surface area contributed by atoms with Gasteiger partial charge in [0.2, 0.25) is 5.88 Å². The predicted molar refractivity (Wildman–Crippen MR) is 97.8 cm³/mol. The summed E-state index contributed by atoms with van der Waals surface area (Å²) in [5.74, 6) is 0.481. The molecular weight excluding hydrogens is 373 g/mol. The van der Waals surface area contributed by atoms with Crippen LogP contribution in [0.3, 0.4) is 0 Å². The molecule has 0 unspecified atom stereocenters. The Morgan fingerprint density at radius 1 is 1.07 bits per heavy atom. The van der Waals surface area contributed by atoms with Crippen LogP contribution in [0, 0.1) is 6.92 Å². The van der Waals surface area contributed by atoms with Crippen LogP contribution in [0.5, 0.6) is 5.88 Å². The summed E-state index contributed by atoms with van der Waals surface area (Å²) in [5, 5.41) is 0. The van der Waals surface area contributed by atoms with E-state index in [4.69, 9.17) is 9.47 Å². The Labute approximate surface area is 161 Å². The summed E-state index contributed by atoms with van der Waals surface area (Å²) in [7, 11) is 0. The molecule has 0 N–H and O–H groups in total. The van der Waals surface area contributed by atoms with Crippen LogP contribution in [0.15, 0.2) is 30.3 Å². The lowest BCUT2D eigenvalue weighted by molar-refractivity contribution is -0.143. The van der Waals surface area contributed by atoms with E-state index in [1.165, 1.54) is 12.1 Å². The standard InChI is InChI=1S/C20H23F3N2O3/c1-3-27-18(26)7-5-4-6-12-28-17-13-14(2)24-19(25-17)15-8-10-16(11-9-15)20(21,22)23/h8-11,13H,3-7,12H2,1-2H3. The Kier molecular flexibility index (Phi) is 7.78. The van der Waals surface area contributed by atoms with Crippen molar-refractivity contribution in [1.82, 2.24) is 9.97 Å². The number of carbonyl (C=O) groups excluding carboxylic acids is 1. The molecule has 0 bridgehead atoms. The van der Waals surface area contributed by atoms with E-state index in [0.717, 1.165) is 31.4 Å². The van der Waals surface area contributed by atoms with Crippen LogP contribution >= 0.6 is 0 Å². The summed E-state index contributed by atoms with van der Waals surface area (Å²) in [5.41, 5.74) is 0.418. The number of unbranched alkanes of at least 4 members (excludes halogenated alkanes) is 2. The maximum Gasteiger partial charge on any atom is 0.416 e. The molecule has 8 heteroatoms. The molecule has 0 atom stereocenters. The molecule has 1 aromatic carbocycles. The highest BCUT2D eigenvalue weighted by atomic mass is 19.4. The Morgan fingerprint density at radius 3 is 2.43 bits per heavy atom. The molecule has 0 fully saturated rings. The maximum atomic E-state index is 12.7. The van der Waals surface area contributed by atoms with Crippen LogP contribution in [0.4, 0.5) is 13.2 Å². The molecule has 0 radical (unpaired) electrons. The monoisotopic (exact) mass is 396 g/mol. The lowest BCUT2D eigenvalue weighted by Crippen LogP contribution is -2.05. The van der Waals surface area contributed by atoms with Gasteiger partial charge in [0.05, 0.1) is 18.8 Å². The van der Waals surface area contributed by atoms with Crippen molar-refractivity contribution in [1.29, 1.82) is 0 Å². The number of ether oxygens (including phenoxy) is 2. The van der Waals surface area contributed by atoms with Gasteiger partial charge in [-0.25, -0.2) is 4.98 Å². The van der Waals surface area contributed by atoms with E-state index in [1.54, 1.807) is 19.9 Å². The molecule has 0 saturated carbocycles. The second-order valence-electron chi connectivity index (χ2n) is 6.21. The molecule has 0 aliphatic carbocycles. The van der Waals surface area contributed by atoms with Crippen LogP contribution < -0.4 is 4.74 Å². The zero-order valence-corrected chi connectivity index (χ0v) is 15.9. The van der Waals surface area contributed by atoms with Crippen molar-refractivity contribution in [2.24, 2.45) is 0 Å². The Hall–Kier alpha value is -2.64. The van der Waals surface area contributed by atoms with Gasteiger partial charge in [-0.3, -0.25) is 4.79 Å². The SMILES string of the molecule is CCOC(=O)CCCCCOc1cc(C)nc(-c2ccc(C(F)(F)F)cc2)n1. The Bertz CT molecular complexity index is 777. The highest BCUT2D eigenvalue weighted by Crippen LogP contribution is 2.30. The quantitative estimate of drug-likeness (QED) is 0.442. The smallest absolute Gasteiger partial charge is 0.416 e. The van der Waals surface area contributed by atoms with Gasteiger partial charge in [-0.2, -0.15) is 18.2 Å². The summed E-state index contributed by atoms with van der Waals surface area (Å²) >= 11 is 0.